The molecule has 0 unspecified atom stereocenters. The summed E-state index contributed by atoms with van der Waals surface area (Å²) in [7, 11) is 0. The molecule has 0 saturated carbocycles. The van der Waals surface area contributed by atoms with Crippen molar-refractivity contribution < 1.29 is 19.0 Å². The number of halogens is 1. The topological polar surface area (TPSA) is 96.3 Å². The largest absolute Gasteiger partial charge is 0.488 e. The van der Waals surface area contributed by atoms with Crippen molar-refractivity contribution in [1.29, 1.82) is 5.26 Å². The summed E-state index contributed by atoms with van der Waals surface area (Å²) in [4.78, 5) is 11.1. The van der Waals surface area contributed by atoms with E-state index < -0.39 is 11.8 Å². The molecule has 0 saturated heterocycles. The number of benzene rings is 2. The normalized spacial score (nSPS) is 9.90. The number of anilines is 1. The second kappa shape index (κ2) is 5.92. The zero-order valence-corrected chi connectivity index (χ0v) is 10.8. The number of hydrogen-bond acceptors (Lipinski definition) is 4. The minimum Gasteiger partial charge on any atom is -0.488 e. The number of nitrogens with zero attached hydrogens (tertiary/aromatic N) is 1. The molecule has 0 heterocycles. The molecule has 21 heavy (non-hydrogen) atoms. The first-order chi connectivity index (χ1) is 10.0. The van der Waals surface area contributed by atoms with Crippen LogP contribution in [0.1, 0.15) is 21.5 Å². The Morgan fingerprint density at radius 3 is 2.76 bits per heavy atom. The lowest BCUT2D eigenvalue weighted by atomic mass is 10.1. The van der Waals surface area contributed by atoms with Gasteiger partial charge in [0.05, 0.1) is 5.56 Å². The van der Waals surface area contributed by atoms with Gasteiger partial charge in [0.1, 0.15) is 29.8 Å². The van der Waals surface area contributed by atoms with Gasteiger partial charge in [-0.25, -0.2) is 9.18 Å². The van der Waals surface area contributed by atoms with E-state index in [-0.39, 0.29) is 23.5 Å². The Bertz CT molecular complexity index is 738. The van der Waals surface area contributed by atoms with Crippen molar-refractivity contribution in [2.75, 3.05) is 5.73 Å². The van der Waals surface area contributed by atoms with Crippen LogP contribution in [-0.2, 0) is 6.61 Å². The van der Waals surface area contributed by atoms with Gasteiger partial charge >= 0.3 is 5.97 Å². The molecule has 0 bridgehead atoms. The molecule has 0 radical (unpaired) electrons. The smallest absolute Gasteiger partial charge is 0.339 e. The summed E-state index contributed by atoms with van der Waals surface area (Å²) in [5.41, 5.74) is 6.25. The molecule has 0 aliphatic carbocycles. The van der Waals surface area contributed by atoms with Crippen molar-refractivity contribution in [1.82, 2.24) is 0 Å². The monoisotopic (exact) mass is 286 g/mol. The van der Waals surface area contributed by atoms with Crippen molar-refractivity contribution in [2.45, 2.75) is 6.61 Å². The van der Waals surface area contributed by atoms with Crippen LogP contribution in [0, 0.1) is 17.1 Å². The van der Waals surface area contributed by atoms with Crippen LogP contribution in [0.4, 0.5) is 10.1 Å². The second-order valence-corrected chi connectivity index (χ2v) is 4.28. The fraction of sp³-hybridized carbons (Fsp3) is 0.0667. The van der Waals surface area contributed by atoms with Crippen molar-refractivity contribution in [3.05, 3.63) is 58.9 Å². The molecule has 2 aromatic carbocycles. The summed E-state index contributed by atoms with van der Waals surface area (Å²) in [5.74, 6) is -1.62. The second-order valence-electron chi connectivity index (χ2n) is 4.28. The summed E-state index contributed by atoms with van der Waals surface area (Å²) in [6.45, 7) is 0.0131. The fourth-order valence-corrected chi connectivity index (χ4v) is 1.75. The summed E-state index contributed by atoms with van der Waals surface area (Å²) in [6.07, 6.45) is 0. The van der Waals surface area contributed by atoms with Gasteiger partial charge < -0.3 is 15.6 Å². The minimum absolute atomic E-state index is 0.0131. The average molecular weight is 286 g/mol. The van der Waals surface area contributed by atoms with E-state index in [2.05, 4.69) is 0 Å². The number of nitrogens with two attached hydrogens (primary N) is 1. The molecule has 5 nitrogen and oxygen atoms in total. The van der Waals surface area contributed by atoms with Crippen molar-refractivity contribution in [3.8, 4) is 11.8 Å². The van der Waals surface area contributed by atoms with Crippen LogP contribution >= 0.6 is 0 Å². The first kappa shape index (κ1) is 14.3. The summed E-state index contributed by atoms with van der Waals surface area (Å²) >= 11 is 0. The van der Waals surface area contributed by atoms with E-state index in [9.17, 15) is 9.18 Å². The highest BCUT2D eigenvalue weighted by atomic mass is 19.1. The number of rotatable bonds is 4. The Morgan fingerprint density at radius 2 is 2.10 bits per heavy atom. The first-order valence-electron chi connectivity index (χ1n) is 5.95. The summed E-state index contributed by atoms with van der Waals surface area (Å²) in [6, 6.07) is 9.98. The van der Waals surface area contributed by atoms with E-state index in [4.69, 9.17) is 20.8 Å². The molecule has 2 rings (SSSR count). The Balaban J connectivity index is 2.21. The number of carboxylic acids is 1. The van der Waals surface area contributed by atoms with Gasteiger partial charge in [-0.1, -0.05) is 6.07 Å². The number of ether oxygens (including phenoxy) is 1. The van der Waals surface area contributed by atoms with Gasteiger partial charge in [0.2, 0.25) is 0 Å². The molecule has 0 amide bonds. The van der Waals surface area contributed by atoms with E-state index in [1.54, 1.807) is 6.07 Å². The van der Waals surface area contributed by atoms with Crippen molar-refractivity contribution >= 4 is 11.7 Å². The Hall–Kier alpha value is -3.07. The molecule has 0 aliphatic heterocycles. The highest BCUT2D eigenvalue weighted by Gasteiger charge is 2.12. The molecule has 2 aromatic rings. The maximum absolute atomic E-state index is 13.2. The van der Waals surface area contributed by atoms with Crippen molar-refractivity contribution in [3.63, 3.8) is 0 Å². The fourth-order valence-electron chi connectivity index (χ4n) is 1.75. The number of nitriles is 1. The molecule has 6 heteroatoms. The van der Waals surface area contributed by atoms with Gasteiger partial charge in [0.15, 0.2) is 0 Å². The molecule has 106 valence electrons. The third-order valence-electron chi connectivity index (χ3n) is 2.78. The molecule has 0 atom stereocenters. The highest BCUT2D eigenvalue weighted by Crippen LogP contribution is 2.23. The van der Waals surface area contributed by atoms with Crippen LogP contribution in [0.5, 0.6) is 5.75 Å². The summed E-state index contributed by atoms with van der Waals surface area (Å²) < 4.78 is 18.6. The van der Waals surface area contributed by atoms with Crippen LogP contribution in [0.2, 0.25) is 0 Å². The predicted octanol–water partition coefficient (Wildman–Crippen LogP) is 2.56. The number of carbonyl (C=O) groups is 1. The Morgan fingerprint density at radius 1 is 1.33 bits per heavy atom. The van der Waals surface area contributed by atoms with Crippen LogP contribution < -0.4 is 10.5 Å². The van der Waals surface area contributed by atoms with Crippen LogP contribution in [0.25, 0.3) is 0 Å². The molecular formula is C15H11FN2O3. The van der Waals surface area contributed by atoms with Gasteiger partial charge in [-0.3, -0.25) is 0 Å². The predicted molar refractivity (Wildman–Crippen MR) is 73.3 cm³/mol. The van der Waals surface area contributed by atoms with Crippen LogP contribution in [-0.4, -0.2) is 11.1 Å². The maximum Gasteiger partial charge on any atom is 0.339 e. The molecular weight excluding hydrogens is 275 g/mol. The Labute approximate surface area is 120 Å². The lowest BCUT2D eigenvalue weighted by Crippen LogP contribution is -2.04. The van der Waals surface area contributed by atoms with Gasteiger partial charge in [-0.15, -0.1) is 0 Å². The molecule has 0 aliphatic rings. The number of hydrogen-bond donors (Lipinski definition) is 2. The van der Waals surface area contributed by atoms with Gasteiger partial charge in [0, 0.05) is 5.69 Å². The van der Waals surface area contributed by atoms with Crippen LogP contribution in [0.15, 0.2) is 36.4 Å². The van der Waals surface area contributed by atoms with E-state index in [1.165, 1.54) is 36.4 Å². The quantitative estimate of drug-likeness (QED) is 0.842. The van der Waals surface area contributed by atoms with Crippen molar-refractivity contribution in [2.24, 2.45) is 0 Å². The maximum atomic E-state index is 13.2. The SMILES string of the molecule is N#Cc1cc(COc2ccc(N)cc2C(=O)O)ccc1F. The molecule has 0 fully saturated rings. The highest BCUT2D eigenvalue weighted by molar-refractivity contribution is 5.92. The molecule has 3 N–H and O–H groups in total. The average Bonchev–Trinajstić information content (AvgIpc) is 2.47. The van der Waals surface area contributed by atoms with Crippen LogP contribution in [0.3, 0.4) is 0 Å². The van der Waals surface area contributed by atoms with E-state index in [0.29, 0.717) is 11.3 Å². The first-order valence-corrected chi connectivity index (χ1v) is 5.95. The van der Waals surface area contributed by atoms with Gasteiger partial charge in [-0.05, 0) is 35.9 Å². The minimum atomic E-state index is -1.16. The lowest BCUT2D eigenvalue weighted by Gasteiger charge is -2.10. The number of carboxylic acid groups (broad SMARTS) is 1. The number of aromatic carboxylic acids is 1. The third-order valence-corrected chi connectivity index (χ3v) is 2.78. The lowest BCUT2D eigenvalue weighted by molar-refractivity contribution is 0.0692. The third kappa shape index (κ3) is 3.28. The summed E-state index contributed by atoms with van der Waals surface area (Å²) in [5, 5.41) is 17.8. The zero-order chi connectivity index (χ0) is 15.4. The number of nitrogen functional groups attached to an aromatic ring is 1. The van der Waals surface area contributed by atoms with E-state index in [0.717, 1.165) is 0 Å². The Kier molecular flexibility index (Phi) is 4.05. The van der Waals surface area contributed by atoms with E-state index in [1.807, 2.05) is 0 Å². The van der Waals surface area contributed by atoms with Gasteiger partial charge in [0.25, 0.3) is 0 Å². The zero-order valence-electron chi connectivity index (χ0n) is 10.8. The molecule has 0 spiro atoms. The van der Waals surface area contributed by atoms with Gasteiger partial charge in [-0.2, -0.15) is 5.26 Å². The standard InChI is InChI=1S/C15H11FN2O3/c16-13-3-1-9(5-10(13)7-17)8-21-14-4-2-11(18)6-12(14)15(19)20/h1-6H,8,18H2,(H,19,20). The van der Waals surface area contributed by atoms with E-state index >= 15 is 0 Å². The molecule has 0 aromatic heterocycles.